The highest BCUT2D eigenvalue weighted by atomic mass is 35.5. The Bertz CT molecular complexity index is 576. The van der Waals surface area contributed by atoms with Gasteiger partial charge in [-0.15, -0.1) is 0 Å². The molecule has 0 fully saturated rings. The molecule has 5 heteroatoms. The summed E-state index contributed by atoms with van der Waals surface area (Å²) in [5.74, 6) is 0.805. The normalized spacial score (nSPS) is 12.4. The predicted octanol–water partition coefficient (Wildman–Crippen LogP) is 5.10. The highest BCUT2D eigenvalue weighted by molar-refractivity contribution is 7.83. The molecule has 19 heavy (non-hydrogen) atoms. The lowest BCUT2D eigenvalue weighted by molar-refractivity contribution is 0.682. The molecule has 0 N–H and O–H groups in total. The van der Waals surface area contributed by atoms with Crippen molar-refractivity contribution in [2.75, 3.05) is 0 Å². The first kappa shape index (κ1) is 14.9. The molecule has 0 heterocycles. The second kappa shape index (κ2) is 6.76. The Hall–Kier alpha value is -0.540. The van der Waals surface area contributed by atoms with E-state index in [0.717, 1.165) is 11.1 Å². The standard InChI is InChI=1S/C14H11Cl3OS/c15-11-6-4-10(5-7-11)8-19(18)9-12-13(16)2-1-3-14(12)17/h1-7H,8-9H2/t19-/m1/s1. The zero-order valence-corrected chi connectivity index (χ0v) is 13.0. The average Bonchev–Trinajstić information content (AvgIpc) is 2.37. The van der Waals surface area contributed by atoms with Gasteiger partial charge in [0.2, 0.25) is 0 Å². The van der Waals surface area contributed by atoms with Gasteiger partial charge in [0.25, 0.3) is 0 Å². The molecule has 0 amide bonds. The molecule has 100 valence electrons. The Kier molecular flexibility index (Phi) is 5.28. The number of hydrogen-bond acceptors (Lipinski definition) is 1. The van der Waals surface area contributed by atoms with Crippen molar-refractivity contribution in [1.29, 1.82) is 0 Å². The molecule has 0 saturated heterocycles. The molecule has 0 saturated carbocycles. The first-order valence-electron chi connectivity index (χ1n) is 5.58. The maximum Gasteiger partial charge on any atom is 0.0518 e. The molecule has 0 spiro atoms. The fourth-order valence-corrected chi connectivity index (χ4v) is 3.76. The van der Waals surface area contributed by atoms with Crippen LogP contribution in [0.4, 0.5) is 0 Å². The van der Waals surface area contributed by atoms with Gasteiger partial charge < -0.3 is 0 Å². The molecule has 1 atom stereocenters. The zero-order valence-electron chi connectivity index (χ0n) is 9.91. The third kappa shape index (κ3) is 4.22. The molecule has 0 bridgehead atoms. The number of benzene rings is 2. The van der Waals surface area contributed by atoms with E-state index in [9.17, 15) is 4.21 Å². The Labute approximate surface area is 130 Å². The lowest BCUT2D eigenvalue weighted by atomic mass is 10.2. The van der Waals surface area contributed by atoms with Crippen molar-refractivity contribution in [3.8, 4) is 0 Å². The van der Waals surface area contributed by atoms with E-state index in [1.807, 2.05) is 12.1 Å². The molecule has 2 rings (SSSR count). The Morgan fingerprint density at radius 2 is 1.42 bits per heavy atom. The summed E-state index contributed by atoms with van der Waals surface area (Å²) < 4.78 is 12.1. The lowest BCUT2D eigenvalue weighted by Crippen LogP contribution is -2.00. The van der Waals surface area contributed by atoms with Crippen molar-refractivity contribution in [2.45, 2.75) is 11.5 Å². The van der Waals surface area contributed by atoms with Crippen molar-refractivity contribution >= 4 is 45.6 Å². The van der Waals surface area contributed by atoms with E-state index in [1.54, 1.807) is 30.3 Å². The molecule has 1 nitrogen and oxygen atoms in total. The fraction of sp³-hybridized carbons (Fsp3) is 0.143. The van der Waals surface area contributed by atoms with Crippen LogP contribution in [0.1, 0.15) is 11.1 Å². The Morgan fingerprint density at radius 3 is 2.00 bits per heavy atom. The molecular formula is C14H11Cl3OS. The second-order valence-corrected chi connectivity index (χ2v) is 6.76. The predicted molar refractivity (Wildman–Crippen MR) is 83.5 cm³/mol. The van der Waals surface area contributed by atoms with Gasteiger partial charge in [-0.05, 0) is 29.8 Å². The van der Waals surface area contributed by atoms with Gasteiger partial charge in [-0.25, -0.2) is 0 Å². The van der Waals surface area contributed by atoms with Crippen LogP contribution in [0.15, 0.2) is 42.5 Å². The minimum absolute atomic E-state index is 0.348. The third-order valence-electron chi connectivity index (χ3n) is 2.61. The smallest absolute Gasteiger partial charge is 0.0518 e. The van der Waals surface area contributed by atoms with E-state index in [0.29, 0.717) is 26.6 Å². The van der Waals surface area contributed by atoms with E-state index < -0.39 is 10.8 Å². The number of rotatable bonds is 4. The quantitative estimate of drug-likeness (QED) is 0.761. The van der Waals surface area contributed by atoms with Crippen molar-refractivity contribution in [3.63, 3.8) is 0 Å². The maximum absolute atomic E-state index is 12.1. The van der Waals surface area contributed by atoms with Crippen LogP contribution in [0.5, 0.6) is 0 Å². The second-order valence-electron chi connectivity index (χ2n) is 4.06. The summed E-state index contributed by atoms with van der Waals surface area (Å²) in [7, 11) is -1.06. The zero-order chi connectivity index (χ0) is 13.8. The molecule has 2 aromatic carbocycles. The van der Waals surface area contributed by atoms with Crippen LogP contribution in [0.25, 0.3) is 0 Å². The largest absolute Gasteiger partial charge is 0.259 e. The van der Waals surface area contributed by atoms with Crippen LogP contribution in [0.3, 0.4) is 0 Å². The van der Waals surface area contributed by atoms with Gasteiger partial charge in [-0.2, -0.15) is 0 Å². The SMILES string of the molecule is O=[S@](Cc1ccc(Cl)cc1)Cc1c(Cl)cccc1Cl. The summed E-state index contributed by atoms with van der Waals surface area (Å²) in [5, 5.41) is 1.78. The van der Waals surface area contributed by atoms with Gasteiger partial charge >= 0.3 is 0 Å². The summed E-state index contributed by atoms with van der Waals surface area (Å²) >= 11 is 17.9. The first-order chi connectivity index (χ1) is 9.06. The molecule has 0 aliphatic carbocycles. The number of hydrogen-bond donors (Lipinski definition) is 0. The molecule has 0 unspecified atom stereocenters. The van der Waals surface area contributed by atoms with E-state index >= 15 is 0 Å². The Balaban J connectivity index is 2.07. The maximum atomic E-state index is 12.1. The fourth-order valence-electron chi connectivity index (χ4n) is 1.65. The van der Waals surface area contributed by atoms with E-state index in [2.05, 4.69) is 0 Å². The van der Waals surface area contributed by atoms with Gasteiger partial charge in [0.05, 0.1) is 5.75 Å². The molecule has 2 aromatic rings. The van der Waals surface area contributed by atoms with Crippen molar-refractivity contribution in [2.24, 2.45) is 0 Å². The van der Waals surface area contributed by atoms with Crippen LogP contribution in [0, 0.1) is 0 Å². The minimum Gasteiger partial charge on any atom is -0.259 e. The molecule has 0 aliphatic heterocycles. The highest BCUT2D eigenvalue weighted by Gasteiger charge is 2.10. The minimum atomic E-state index is -1.06. The summed E-state index contributed by atoms with van der Waals surface area (Å²) in [5.41, 5.74) is 1.71. The van der Waals surface area contributed by atoms with Crippen molar-refractivity contribution in [1.82, 2.24) is 0 Å². The number of halogens is 3. The van der Waals surface area contributed by atoms with Gasteiger partial charge in [-0.3, -0.25) is 4.21 Å². The van der Waals surface area contributed by atoms with E-state index in [-0.39, 0.29) is 0 Å². The van der Waals surface area contributed by atoms with Gasteiger partial charge in [0.1, 0.15) is 0 Å². The van der Waals surface area contributed by atoms with E-state index in [4.69, 9.17) is 34.8 Å². The van der Waals surface area contributed by atoms with Gasteiger partial charge in [0, 0.05) is 37.2 Å². The highest BCUT2D eigenvalue weighted by Crippen LogP contribution is 2.26. The van der Waals surface area contributed by atoms with Crippen LogP contribution >= 0.6 is 34.8 Å². The molecule has 0 aromatic heterocycles. The van der Waals surface area contributed by atoms with Crippen LogP contribution in [-0.4, -0.2) is 4.21 Å². The lowest BCUT2D eigenvalue weighted by Gasteiger charge is -2.07. The Morgan fingerprint density at radius 1 is 0.842 bits per heavy atom. The van der Waals surface area contributed by atoms with Crippen LogP contribution in [-0.2, 0) is 22.3 Å². The van der Waals surface area contributed by atoms with Crippen molar-refractivity contribution < 1.29 is 4.21 Å². The van der Waals surface area contributed by atoms with Gasteiger partial charge in [0.15, 0.2) is 0 Å². The molecule has 0 radical (unpaired) electrons. The first-order valence-corrected chi connectivity index (χ1v) is 8.21. The monoisotopic (exact) mass is 332 g/mol. The topological polar surface area (TPSA) is 17.1 Å². The van der Waals surface area contributed by atoms with E-state index in [1.165, 1.54) is 0 Å². The summed E-state index contributed by atoms with van der Waals surface area (Å²) in [6, 6.07) is 12.6. The summed E-state index contributed by atoms with van der Waals surface area (Å²) in [4.78, 5) is 0. The molecule has 0 aliphatic rings. The van der Waals surface area contributed by atoms with Crippen LogP contribution in [0.2, 0.25) is 15.1 Å². The summed E-state index contributed by atoms with van der Waals surface area (Å²) in [6.45, 7) is 0. The third-order valence-corrected chi connectivity index (χ3v) is 4.83. The van der Waals surface area contributed by atoms with Crippen molar-refractivity contribution in [3.05, 3.63) is 68.7 Å². The summed E-state index contributed by atoms with van der Waals surface area (Å²) in [6.07, 6.45) is 0. The van der Waals surface area contributed by atoms with Gasteiger partial charge in [-0.1, -0.05) is 53.0 Å². The van der Waals surface area contributed by atoms with Crippen LogP contribution < -0.4 is 0 Å². The average molecular weight is 334 g/mol. The molecular weight excluding hydrogens is 323 g/mol.